The molecule has 1 aromatic carbocycles. The Kier molecular flexibility index (Phi) is 6.75. The average Bonchev–Trinajstić information content (AvgIpc) is 2.38. The maximum atomic E-state index is 9.97. The molecule has 0 atom stereocenters. The van der Waals surface area contributed by atoms with E-state index in [1.54, 1.807) is 6.07 Å². The van der Waals surface area contributed by atoms with E-state index in [2.05, 4.69) is 11.2 Å². The summed E-state index contributed by atoms with van der Waals surface area (Å²) in [5.41, 5.74) is 0.859. The van der Waals surface area contributed by atoms with Crippen LogP contribution >= 0.6 is 0 Å². The molecule has 3 nitrogen and oxygen atoms in total. The molecule has 0 unspecified atom stereocenters. The van der Waals surface area contributed by atoms with Gasteiger partial charge in [-0.25, -0.2) is 0 Å². The molecule has 3 heteroatoms. The summed E-state index contributed by atoms with van der Waals surface area (Å²) in [7, 11) is 0. The molecule has 18 heavy (non-hydrogen) atoms. The third kappa shape index (κ3) is 4.68. The summed E-state index contributed by atoms with van der Waals surface area (Å²) in [6.07, 6.45) is 8.10. The first-order valence-corrected chi connectivity index (χ1v) is 6.37. The monoisotopic (exact) mass is 247 g/mol. The topological polar surface area (TPSA) is 41.5 Å². The first-order valence-electron chi connectivity index (χ1n) is 6.37. The van der Waals surface area contributed by atoms with Crippen molar-refractivity contribution < 1.29 is 9.84 Å². The van der Waals surface area contributed by atoms with Gasteiger partial charge in [0, 0.05) is 18.5 Å². The van der Waals surface area contributed by atoms with Gasteiger partial charge in [-0.05, 0) is 32.4 Å². The quantitative estimate of drug-likeness (QED) is 0.548. The van der Waals surface area contributed by atoms with Gasteiger partial charge in [-0.2, -0.15) is 0 Å². The molecule has 2 N–H and O–H groups in total. The maximum Gasteiger partial charge on any atom is 0.162 e. The van der Waals surface area contributed by atoms with Crippen molar-refractivity contribution in [1.82, 2.24) is 5.32 Å². The van der Waals surface area contributed by atoms with Crippen molar-refractivity contribution in [3.8, 4) is 23.8 Å². The average molecular weight is 247 g/mol. The van der Waals surface area contributed by atoms with Crippen LogP contribution in [0, 0.1) is 12.3 Å². The lowest BCUT2D eigenvalue weighted by atomic mass is 10.2. The Bertz CT molecular complexity index is 396. The van der Waals surface area contributed by atoms with Gasteiger partial charge in [0.05, 0.1) is 6.61 Å². The minimum Gasteiger partial charge on any atom is -0.504 e. The zero-order valence-electron chi connectivity index (χ0n) is 10.9. The molecule has 0 saturated heterocycles. The van der Waals surface area contributed by atoms with Crippen molar-refractivity contribution in [1.29, 1.82) is 0 Å². The smallest absolute Gasteiger partial charge is 0.162 e. The van der Waals surface area contributed by atoms with Crippen LogP contribution in [-0.4, -0.2) is 18.3 Å². The molecule has 0 aliphatic heterocycles. The lowest BCUT2D eigenvalue weighted by molar-refractivity contribution is 0.316. The van der Waals surface area contributed by atoms with E-state index in [9.17, 15) is 5.11 Å². The van der Waals surface area contributed by atoms with E-state index in [1.165, 1.54) is 0 Å². The van der Waals surface area contributed by atoms with Crippen LogP contribution in [0.1, 0.15) is 31.7 Å². The van der Waals surface area contributed by atoms with Crippen molar-refractivity contribution in [3.05, 3.63) is 23.8 Å². The summed E-state index contributed by atoms with van der Waals surface area (Å²) >= 11 is 0. The third-order valence-electron chi connectivity index (χ3n) is 2.62. The first kappa shape index (κ1) is 14.4. The van der Waals surface area contributed by atoms with Crippen LogP contribution in [0.2, 0.25) is 0 Å². The molecule has 0 spiro atoms. The summed E-state index contributed by atoms with van der Waals surface area (Å²) in [6, 6.07) is 5.56. The number of benzene rings is 1. The number of hydrogen-bond donors (Lipinski definition) is 2. The fourth-order valence-corrected chi connectivity index (χ4v) is 1.68. The summed E-state index contributed by atoms with van der Waals surface area (Å²) in [5, 5.41) is 13.3. The fourth-order valence-electron chi connectivity index (χ4n) is 1.68. The standard InChI is InChI=1S/C15H21NO2/c1-3-5-6-7-11-16-12-13-9-8-10-14(15(13)17)18-4-2/h1,8-10,16-17H,4-7,11-12H2,2H3. The highest BCUT2D eigenvalue weighted by Gasteiger charge is 2.06. The fraction of sp³-hybridized carbons (Fsp3) is 0.467. The number of unbranched alkanes of at least 4 members (excludes halogenated alkanes) is 2. The van der Waals surface area contributed by atoms with Gasteiger partial charge < -0.3 is 15.2 Å². The van der Waals surface area contributed by atoms with E-state index in [1.807, 2.05) is 19.1 Å². The Morgan fingerprint density at radius 2 is 2.22 bits per heavy atom. The molecule has 0 saturated carbocycles. The molecule has 0 aromatic heterocycles. The number of phenols is 1. The van der Waals surface area contributed by atoms with Crippen LogP contribution in [-0.2, 0) is 6.54 Å². The first-order chi connectivity index (χ1) is 8.79. The third-order valence-corrected chi connectivity index (χ3v) is 2.62. The van der Waals surface area contributed by atoms with Crippen molar-refractivity contribution in [2.75, 3.05) is 13.2 Å². The normalized spacial score (nSPS) is 10.0. The maximum absolute atomic E-state index is 9.97. The molecule has 0 fully saturated rings. The molecule has 0 amide bonds. The van der Waals surface area contributed by atoms with Gasteiger partial charge in [0.1, 0.15) is 0 Å². The largest absolute Gasteiger partial charge is 0.504 e. The second kappa shape index (κ2) is 8.43. The van der Waals surface area contributed by atoms with Crippen LogP contribution in [0.4, 0.5) is 0 Å². The Morgan fingerprint density at radius 3 is 2.94 bits per heavy atom. The summed E-state index contributed by atoms with van der Waals surface area (Å²) in [6.45, 7) is 4.00. The Balaban J connectivity index is 2.38. The highest BCUT2D eigenvalue weighted by molar-refractivity contribution is 5.45. The molecule has 0 heterocycles. The van der Waals surface area contributed by atoms with E-state index in [0.717, 1.165) is 31.4 Å². The van der Waals surface area contributed by atoms with E-state index in [4.69, 9.17) is 11.2 Å². The van der Waals surface area contributed by atoms with Gasteiger partial charge in [0.25, 0.3) is 0 Å². The van der Waals surface area contributed by atoms with Gasteiger partial charge in [-0.15, -0.1) is 12.3 Å². The number of rotatable bonds is 8. The number of aromatic hydroxyl groups is 1. The predicted octanol–water partition coefficient (Wildman–Crippen LogP) is 2.68. The molecule has 0 aliphatic rings. The van der Waals surface area contributed by atoms with Crippen molar-refractivity contribution in [2.24, 2.45) is 0 Å². The zero-order chi connectivity index (χ0) is 13.2. The predicted molar refractivity (Wildman–Crippen MR) is 73.7 cm³/mol. The molecule has 1 rings (SSSR count). The number of nitrogens with one attached hydrogen (secondary N) is 1. The number of hydrogen-bond acceptors (Lipinski definition) is 3. The highest BCUT2D eigenvalue weighted by Crippen LogP contribution is 2.29. The highest BCUT2D eigenvalue weighted by atomic mass is 16.5. The second-order valence-electron chi connectivity index (χ2n) is 4.03. The van der Waals surface area contributed by atoms with Crippen molar-refractivity contribution in [2.45, 2.75) is 32.7 Å². The Hall–Kier alpha value is -1.66. The molecule has 1 aromatic rings. The van der Waals surface area contributed by atoms with Crippen LogP contribution < -0.4 is 10.1 Å². The van der Waals surface area contributed by atoms with Gasteiger partial charge in [-0.3, -0.25) is 0 Å². The molecule has 98 valence electrons. The molecule has 0 radical (unpaired) electrons. The minimum absolute atomic E-state index is 0.232. The molecular weight excluding hydrogens is 226 g/mol. The summed E-state index contributed by atoms with van der Waals surface area (Å²) in [4.78, 5) is 0. The van der Waals surface area contributed by atoms with Crippen molar-refractivity contribution in [3.63, 3.8) is 0 Å². The van der Waals surface area contributed by atoms with Gasteiger partial charge in [0.2, 0.25) is 0 Å². The van der Waals surface area contributed by atoms with Crippen LogP contribution in [0.3, 0.4) is 0 Å². The Labute approximate surface area is 109 Å². The lowest BCUT2D eigenvalue weighted by Crippen LogP contribution is -2.14. The zero-order valence-corrected chi connectivity index (χ0v) is 10.9. The van der Waals surface area contributed by atoms with Crippen LogP contribution in [0.5, 0.6) is 11.5 Å². The Morgan fingerprint density at radius 1 is 1.39 bits per heavy atom. The lowest BCUT2D eigenvalue weighted by Gasteiger charge is -2.10. The van der Waals surface area contributed by atoms with E-state index < -0.39 is 0 Å². The van der Waals surface area contributed by atoms with Crippen LogP contribution in [0.25, 0.3) is 0 Å². The van der Waals surface area contributed by atoms with Gasteiger partial charge in [-0.1, -0.05) is 12.1 Å². The SMILES string of the molecule is C#CCCCCNCc1cccc(OCC)c1O. The molecular formula is C15H21NO2. The number of para-hydroxylation sites is 1. The number of terminal acetylenes is 1. The minimum atomic E-state index is 0.232. The molecule has 0 aliphatic carbocycles. The van der Waals surface area contributed by atoms with Crippen molar-refractivity contribution >= 4 is 0 Å². The number of ether oxygens (including phenoxy) is 1. The number of phenolic OH excluding ortho intramolecular Hbond substituents is 1. The summed E-state index contributed by atoms with van der Waals surface area (Å²) in [5.74, 6) is 3.40. The van der Waals surface area contributed by atoms with Gasteiger partial charge >= 0.3 is 0 Å². The van der Waals surface area contributed by atoms with E-state index in [0.29, 0.717) is 18.9 Å². The van der Waals surface area contributed by atoms with E-state index in [-0.39, 0.29) is 5.75 Å². The van der Waals surface area contributed by atoms with Gasteiger partial charge in [0.15, 0.2) is 11.5 Å². The second-order valence-corrected chi connectivity index (χ2v) is 4.03. The molecule has 0 bridgehead atoms. The van der Waals surface area contributed by atoms with Crippen LogP contribution in [0.15, 0.2) is 18.2 Å². The van der Waals surface area contributed by atoms with E-state index >= 15 is 0 Å². The summed E-state index contributed by atoms with van der Waals surface area (Å²) < 4.78 is 5.34.